The van der Waals surface area contributed by atoms with E-state index in [1.165, 1.54) is 5.56 Å². The summed E-state index contributed by atoms with van der Waals surface area (Å²) < 4.78 is 11.1. The number of hydrogen-bond donors (Lipinski definition) is 1. The molecule has 6 nitrogen and oxygen atoms in total. The van der Waals surface area contributed by atoms with Crippen molar-refractivity contribution in [1.82, 2.24) is 15.0 Å². The highest BCUT2D eigenvalue weighted by Crippen LogP contribution is 2.40. The Kier molecular flexibility index (Phi) is 3.18. The molecule has 1 aliphatic carbocycles. The molecule has 5 rings (SSSR count). The number of β-amino-alcohol motifs (C(OH)–C–C–N with tert-alkyl or cyclic N) is 1. The van der Waals surface area contributed by atoms with Crippen LogP contribution >= 0.6 is 0 Å². The van der Waals surface area contributed by atoms with Crippen LogP contribution in [0, 0.1) is 0 Å². The van der Waals surface area contributed by atoms with E-state index in [2.05, 4.69) is 27.2 Å². The topological polar surface area (TPSA) is 71.6 Å². The maximum atomic E-state index is 10.9. The summed E-state index contributed by atoms with van der Waals surface area (Å²) in [6.07, 6.45) is 2.89. The van der Waals surface area contributed by atoms with E-state index < -0.39 is 5.60 Å². The molecule has 2 aliphatic heterocycles. The summed E-state index contributed by atoms with van der Waals surface area (Å²) in [6, 6.07) is 8.21. The van der Waals surface area contributed by atoms with Crippen molar-refractivity contribution in [3.63, 3.8) is 0 Å². The van der Waals surface area contributed by atoms with Gasteiger partial charge >= 0.3 is 0 Å². The third kappa shape index (κ3) is 2.41. The number of benzene rings is 1. The fourth-order valence-electron chi connectivity index (χ4n) is 3.82. The minimum Gasteiger partial charge on any atom is -0.493 e. The fraction of sp³-hybridized carbons (Fsp3) is 0.556. The predicted molar refractivity (Wildman–Crippen MR) is 85.9 cm³/mol. The number of rotatable bonds is 4. The first kappa shape index (κ1) is 14.4. The summed E-state index contributed by atoms with van der Waals surface area (Å²) in [5, 5.41) is 15.0. The van der Waals surface area contributed by atoms with Gasteiger partial charge in [-0.1, -0.05) is 23.4 Å². The van der Waals surface area contributed by atoms with Gasteiger partial charge in [-0.05, 0) is 25.3 Å². The zero-order valence-corrected chi connectivity index (χ0v) is 13.5. The average Bonchev–Trinajstić information content (AvgIpc) is 3.02. The molecule has 2 unspecified atom stereocenters. The number of aromatic nitrogens is 2. The Balaban J connectivity index is 1.28. The van der Waals surface area contributed by atoms with Crippen LogP contribution in [0.1, 0.15) is 48.4 Å². The summed E-state index contributed by atoms with van der Waals surface area (Å²) in [5.41, 5.74) is 0.251. The summed E-state index contributed by atoms with van der Waals surface area (Å²) in [5.74, 6) is 2.93. The van der Waals surface area contributed by atoms with Crippen LogP contribution in [0.15, 0.2) is 28.8 Å². The third-order valence-corrected chi connectivity index (χ3v) is 5.39. The molecule has 3 heterocycles. The first-order chi connectivity index (χ1) is 11.7. The summed E-state index contributed by atoms with van der Waals surface area (Å²) in [4.78, 5) is 6.72. The molecule has 1 N–H and O–H groups in total. The van der Waals surface area contributed by atoms with Gasteiger partial charge < -0.3 is 14.4 Å². The summed E-state index contributed by atoms with van der Waals surface area (Å²) >= 11 is 0. The second-order valence-electron chi connectivity index (χ2n) is 7.29. The molecule has 2 atom stereocenters. The molecule has 2 fully saturated rings. The van der Waals surface area contributed by atoms with Crippen LogP contribution in [-0.2, 0) is 5.60 Å². The highest BCUT2D eigenvalue weighted by Gasteiger charge is 2.44. The van der Waals surface area contributed by atoms with Crippen LogP contribution in [0.3, 0.4) is 0 Å². The van der Waals surface area contributed by atoms with Gasteiger partial charge in [0.1, 0.15) is 5.75 Å². The first-order valence-electron chi connectivity index (χ1n) is 8.72. The zero-order valence-electron chi connectivity index (χ0n) is 13.5. The number of para-hydroxylation sites is 1. The largest absolute Gasteiger partial charge is 0.493 e. The number of ether oxygens (including phenoxy) is 1. The first-order valence-corrected chi connectivity index (χ1v) is 8.72. The van der Waals surface area contributed by atoms with Gasteiger partial charge in [0.05, 0.1) is 6.61 Å². The molecule has 1 aromatic heterocycles. The van der Waals surface area contributed by atoms with Gasteiger partial charge in [-0.3, -0.25) is 4.90 Å². The Labute approximate surface area is 140 Å². The average molecular weight is 327 g/mol. The molecule has 0 spiro atoms. The maximum Gasteiger partial charge on any atom is 0.260 e. The van der Waals surface area contributed by atoms with Crippen LogP contribution in [0.25, 0.3) is 0 Å². The van der Waals surface area contributed by atoms with Crippen molar-refractivity contribution in [1.29, 1.82) is 0 Å². The molecule has 1 aromatic carbocycles. The third-order valence-electron chi connectivity index (χ3n) is 5.39. The Hall–Kier alpha value is -1.92. The van der Waals surface area contributed by atoms with E-state index in [0.29, 0.717) is 37.3 Å². The molecule has 2 aromatic rings. The van der Waals surface area contributed by atoms with Crippen molar-refractivity contribution >= 4 is 0 Å². The van der Waals surface area contributed by atoms with Crippen LogP contribution in [0.5, 0.6) is 5.75 Å². The number of likely N-dealkylation sites (tertiary alicyclic amines) is 1. The Morgan fingerprint density at radius 1 is 1.29 bits per heavy atom. The maximum absolute atomic E-state index is 10.9. The molecule has 0 bridgehead atoms. The van der Waals surface area contributed by atoms with Gasteiger partial charge in [-0.15, -0.1) is 0 Å². The van der Waals surface area contributed by atoms with Crippen LogP contribution in [0.2, 0.25) is 0 Å². The Bertz CT molecular complexity index is 757. The van der Waals surface area contributed by atoms with Crippen LogP contribution < -0.4 is 4.74 Å². The van der Waals surface area contributed by atoms with Gasteiger partial charge in [0, 0.05) is 37.0 Å². The van der Waals surface area contributed by atoms with Crippen LogP contribution in [0.4, 0.5) is 0 Å². The fourth-order valence-corrected chi connectivity index (χ4v) is 3.82. The highest BCUT2D eigenvalue weighted by atomic mass is 16.5. The van der Waals surface area contributed by atoms with E-state index in [9.17, 15) is 5.11 Å². The molecule has 3 aliphatic rings. The quantitative estimate of drug-likeness (QED) is 0.926. The molecule has 24 heavy (non-hydrogen) atoms. The highest BCUT2D eigenvalue weighted by molar-refractivity contribution is 5.39. The molecule has 0 amide bonds. The second-order valence-corrected chi connectivity index (χ2v) is 7.29. The molecular weight excluding hydrogens is 306 g/mol. The van der Waals surface area contributed by atoms with E-state index in [1.807, 2.05) is 12.1 Å². The summed E-state index contributed by atoms with van der Waals surface area (Å²) in [7, 11) is 0. The smallest absolute Gasteiger partial charge is 0.260 e. The van der Waals surface area contributed by atoms with E-state index in [1.54, 1.807) is 0 Å². The predicted octanol–water partition coefficient (Wildman–Crippen LogP) is 2.02. The zero-order chi connectivity index (χ0) is 16.1. The lowest BCUT2D eigenvalue weighted by Gasteiger charge is -2.22. The lowest BCUT2D eigenvalue weighted by Crippen LogP contribution is -2.33. The molecule has 6 heteroatoms. The van der Waals surface area contributed by atoms with Crippen molar-refractivity contribution in [2.24, 2.45) is 0 Å². The van der Waals surface area contributed by atoms with Crippen molar-refractivity contribution in [3.8, 4) is 5.75 Å². The van der Waals surface area contributed by atoms with E-state index in [4.69, 9.17) is 9.26 Å². The Morgan fingerprint density at radius 2 is 2.17 bits per heavy atom. The molecule has 126 valence electrons. The minimum atomic E-state index is -1.01. The standard InChI is InChI=1S/C18H21N3O3/c22-18(17-19-16(20-24-17)12-5-6-12)7-8-21(11-18)9-13-10-23-15-4-2-1-3-14(13)15/h1-4,12-13,22H,5-11H2. The lowest BCUT2D eigenvalue weighted by atomic mass is 10.0. The number of aliphatic hydroxyl groups is 1. The lowest BCUT2D eigenvalue weighted by molar-refractivity contribution is 0.0131. The van der Waals surface area contributed by atoms with E-state index >= 15 is 0 Å². The van der Waals surface area contributed by atoms with Crippen LogP contribution in [-0.4, -0.2) is 46.4 Å². The van der Waals surface area contributed by atoms with Crippen molar-refractivity contribution in [2.45, 2.75) is 36.7 Å². The SMILES string of the molecule is OC1(c2nc(C3CC3)no2)CCN(CC2COc3ccccc32)C1. The number of fused-ring (bicyclic) bond motifs is 1. The number of hydrogen-bond acceptors (Lipinski definition) is 6. The molecule has 1 saturated heterocycles. The Morgan fingerprint density at radius 3 is 3.04 bits per heavy atom. The van der Waals surface area contributed by atoms with Gasteiger partial charge in [0.2, 0.25) is 0 Å². The number of nitrogens with zero attached hydrogens (tertiary/aromatic N) is 3. The van der Waals surface area contributed by atoms with Gasteiger partial charge in [-0.25, -0.2) is 0 Å². The van der Waals surface area contributed by atoms with E-state index in [-0.39, 0.29) is 0 Å². The molecule has 0 radical (unpaired) electrons. The normalized spacial score (nSPS) is 29.6. The van der Waals surface area contributed by atoms with Gasteiger partial charge in [0.25, 0.3) is 5.89 Å². The minimum absolute atomic E-state index is 0.355. The van der Waals surface area contributed by atoms with Gasteiger partial charge in [0.15, 0.2) is 11.4 Å². The van der Waals surface area contributed by atoms with Crippen molar-refractivity contribution in [3.05, 3.63) is 41.5 Å². The monoisotopic (exact) mass is 327 g/mol. The summed E-state index contributed by atoms with van der Waals surface area (Å²) in [6.45, 7) is 2.96. The van der Waals surface area contributed by atoms with Crippen molar-refractivity contribution in [2.75, 3.05) is 26.2 Å². The molecule has 1 saturated carbocycles. The van der Waals surface area contributed by atoms with E-state index in [0.717, 1.165) is 37.5 Å². The van der Waals surface area contributed by atoms with Gasteiger partial charge in [-0.2, -0.15) is 4.98 Å². The molecular formula is C18H21N3O3. The van der Waals surface area contributed by atoms with Crippen molar-refractivity contribution < 1.29 is 14.4 Å². The second kappa shape index (κ2) is 5.29.